The number of fused-ring (bicyclic) bond motifs is 1. The van der Waals surface area contributed by atoms with Crippen LogP contribution in [-0.2, 0) is 12.8 Å². The van der Waals surface area contributed by atoms with Gasteiger partial charge in [-0.05, 0) is 62.0 Å². The zero-order valence-electron chi connectivity index (χ0n) is 12.1. The standard InChI is InChI=1S/C16H23N3S/c1-20-16(9-10-16)11-18-15(17)19-14-8-4-6-12-5-2-3-7-13(12)14/h4,6,8H,2-3,5,7,9-11H2,1H3,(H3,17,18,19). The SMILES string of the molecule is CSC1(CN=C(N)Nc2cccc3c2CCCC3)CC1. The fourth-order valence-corrected chi connectivity index (χ4v) is 3.58. The summed E-state index contributed by atoms with van der Waals surface area (Å²) in [5.41, 5.74) is 10.1. The molecule has 2 aliphatic carbocycles. The Labute approximate surface area is 125 Å². The Balaban J connectivity index is 1.69. The Bertz CT molecular complexity index is 520. The molecule has 0 radical (unpaired) electrons. The summed E-state index contributed by atoms with van der Waals surface area (Å²) in [4.78, 5) is 4.54. The highest BCUT2D eigenvalue weighted by Gasteiger charge is 2.41. The number of aliphatic imine (C=N–C) groups is 1. The number of benzene rings is 1. The first kappa shape index (κ1) is 13.8. The number of anilines is 1. The van der Waals surface area contributed by atoms with Gasteiger partial charge in [0.05, 0.1) is 6.54 Å². The molecule has 0 aromatic heterocycles. The molecule has 3 nitrogen and oxygen atoms in total. The Morgan fingerprint density at radius 2 is 2.15 bits per heavy atom. The van der Waals surface area contributed by atoms with E-state index in [1.807, 2.05) is 11.8 Å². The summed E-state index contributed by atoms with van der Waals surface area (Å²) in [6.45, 7) is 0.835. The van der Waals surface area contributed by atoms with Gasteiger partial charge in [0.2, 0.25) is 0 Å². The number of aryl methyl sites for hydroxylation is 1. The van der Waals surface area contributed by atoms with Crippen molar-refractivity contribution in [2.24, 2.45) is 10.7 Å². The van der Waals surface area contributed by atoms with Gasteiger partial charge in [-0.15, -0.1) is 0 Å². The summed E-state index contributed by atoms with van der Waals surface area (Å²) in [7, 11) is 0. The van der Waals surface area contributed by atoms with Crippen LogP contribution in [0.4, 0.5) is 5.69 Å². The molecule has 0 bridgehead atoms. The molecule has 3 N–H and O–H groups in total. The summed E-state index contributed by atoms with van der Waals surface area (Å²) in [5, 5.41) is 3.31. The highest BCUT2D eigenvalue weighted by Crippen LogP contribution is 2.47. The molecule has 1 fully saturated rings. The lowest BCUT2D eigenvalue weighted by molar-refractivity contribution is 0.687. The normalized spacial score (nSPS) is 20.4. The van der Waals surface area contributed by atoms with E-state index in [2.05, 4.69) is 34.8 Å². The van der Waals surface area contributed by atoms with Crippen molar-refractivity contribution in [3.8, 4) is 0 Å². The molecule has 0 aliphatic heterocycles. The maximum atomic E-state index is 6.06. The highest BCUT2D eigenvalue weighted by molar-refractivity contribution is 8.00. The van der Waals surface area contributed by atoms with Crippen LogP contribution in [0.3, 0.4) is 0 Å². The van der Waals surface area contributed by atoms with Crippen LogP contribution in [0.5, 0.6) is 0 Å². The van der Waals surface area contributed by atoms with Gasteiger partial charge >= 0.3 is 0 Å². The minimum absolute atomic E-state index is 0.377. The molecule has 2 aliphatic rings. The molecular formula is C16H23N3S. The van der Waals surface area contributed by atoms with E-state index in [1.54, 1.807) is 0 Å². The Hall–Kier alpha value is -1.16. The molecular weight excluding hydrogens is 266 g/mol. The summed E-state index contributed by atoms with van der Waals surface area (Å²) in [6.07, 6.45) is 9.63. The van der Waals surface area contributed by atoms with Crippen LogP contribution in [0.25, 0.3) is 0 Å². The smallest absolute Gasteiger partial charge is 0.193 e. The zero-order chi connectivity index (χ0) is 14.0. The number of guanidine groups is 1. The van der Waals surface area contributed by atoms with E-state index in [0.29, 0.717) is 10.7 Å². The zero-order valence-corrected chi connectivity index (χ0v) is 12.9. The van der Waals surface area contributed by atoms with Gasteiger partial charge in [-0.25, -0.2) is 0 Å². The number of nitrogens with two attached hydrogens (primary N) is 1. The number of nitrogens with zero attached hydrogens (tertiary/aromatic N) is 1. The van der Waals surface area contributed by atoms with E-state index in [1.165, 1.54) is 43.2 Å². The van der Waals surface area contributed by atoms with Gasteiger partial charge in [0.25, 0.3) is 0 Å². The molecule has 0 atom stereocenters. The van der Waals surface area contributed by atoms with Crippen molar-refractivity contribution in [3.63, 3.8) is 0 Å². The molecule has 0 amide bonds. The van der Waals surface area contributed by atoms with Crippen LogP contribution in [0.2, 0.25) is 0 Å². The van der Waals surface area contributed by atoms with Crippen molar-refractivity contribution in [3.05, 3.63) is 29.3 Å². The Morgan fingerprint density at radius 3 is 2.90 bits per heavy atom. The molecule has 0 heterocycles. The number of nitrogens with one attached hydrogen (secondary N) is 1. The van der Waals surface area contributed by atoms with E-state index in [0.717, 1.165) is 18.7 Å². The van der Waals surface area contributed by atoms with E-state index >= 15 is 0 Å². The predicted molar refractivity (Wildman–Crippen MR) is 88.7 cm³/mol. The molecule has 0 spiro atoms. The maximum absolute atomic E-state index is 6.06. The third-order valence-electron chi connectivity index (χ3n) is 4.44. The summed E-state index contributed by atoms with van der Waals surface area (Å²) in [6, 6.07) is 6.47. The highest BCUT2D eigenvalue weighted by atomic mass is 32.2. The lowest BCUT2D eigenvalue weighted by Gasteiger charge is -2.20. The maximum Gasteiger partial charge on any atom is 0.193 e. The van der Waals surface area contributed by atoms with E-state index in [-0.39, 0.29) is 0 Å². The third kappa shape index (κ3) is 2.95. The summed E-state index contributed by atoms with van der Waals surface area (Å²) >= 11 is 1.92. The number of hydrogen-bond donors (Lipinski definition) is 2. The third-order valence-corrected chi connectivity index (χ3v) is 5.84. The molecule has 0 unspecified atom stereocenters. The molecule has 4 heteroatoms. The topological polar surface area (TPSA) is 50.4 Å². The van der Waals surface area contributed by atoms with E-state index in [9.17, 15) is 0 Å². The molecule has 1 saturated carbocycles. The van der Waals surface area contributed by atoms with Gasteiger partial charge in [-0.1, -0.05) is 12.1 Å². The second-order valence-corrected chi connectivity index (χ2v) is 7.14. The Morgan fingerprint density at radius 1 is 1.35 bits per heavy atom. The van der Waals surface area contributed by atoms with Crippen molar-refractivity contribution in [1.29, 1.82) is 0 Å². The average molecular weight is 289 g/mol. The minimum atomic E-state index is 0.377. The fourth-order valence-electron chi connectivity index (χ4n) is 2.87. The van der Waals surface area contributed by atoms with Crippen LogP contribution < -0.4 is 11.1 Å². The number of thioether (sulfide) groups is 1. The first-order valence-electron chi connectivity index (χ1n) is 7.45. The van der Waals surface area contributed by atoms with Crippen LogP contribution in [0, 0.1) is 0 Å². The van der Waals surface area contributed by atoms with Crippen LogP contribution in [0.15, 0.2) is 23.2 Å². The van der Waals surface area contributed by atoms with Gasteiger partial charge < -0.3 is 11.1 Å². The number of rotatable bonds is 4. The molecule has 1 aromatic rings. The quantitative estimate of drug-likeness (QED) is 0.661. The molecule has 3 rings (SSSR count). The van der Waals surface area contributed by atoms with Gasteiger partial charge in [0.1, 0.15) is 0 Å². The van der Waals surface area contributed by atoms with E-state index in [4.69, 9.17) is 5.73 Å². The monoisotopic (exact) mass is 289 g/mol. The first-order chi connectivity index (χ1) is 9.72. The van der Waals surface area contributed by atoms with Crippen LogP contribution >= 0.6 is 11.8 Å². The molecule has 1 aromatic carbocycles. The summed E-state index contributed by atoms with van der Waals surface area (Å²) in [5.74, 6) is 0.560. The van der Waals surface area contributed by atoms with Crippen LogP contribution in [-0.4, -0.2) is 23.5 Å². The second-order valence-electron chi connectivity index (χ2n) is 5.86. The van der Waals surface area contributed by atoms with Crippen molar-refractivity contribution < 1.29 is 0 Å². The van der Waals surface area contributed by atoms with Crippen molar-refractivity contribution in [1.82, 2.24) is 0 Å². The lowest BCUT2D eigenvalue weighted by atomic mass is 9.90. The van der Waals surface area contributed by atoms with Crippen LogP contribution in [0.1, 0.15) is 36.8 Å². The summed E-state index contributed by atoms with van der Waals surface area (Å²) < 4.78 is 0.377. The van der Waals surface area contributed by atoms with E-state index < -0.39 is 0 Å². The number of hydrogen-bond acceptors (Lipinski definition) is 2. The fraction of sp³-hybridized carbons (Fsp3) is 0.562. The molecule has 0 saturated heterocycles. The minimum Gasteiger partial charge on any atom is -0.370 e. The van der Waals surface area contributed by atoms with Gasteiger partial charge in [-0.2, -0.15) is 11.8 Å². The van der Waals surface area contributed by atoms with Crippen molar-refractivity contribution in [2.45, 2.75) is 43.3 Å². The Kier molecular flexibility index (Phi) is 3.92. The second kappa shape index (κ2) is 5.68. The average Bonchev–Trinajstić information content (AvgIpc) is 3.26. The molecule has 20 heavy (non-hydrogen) atoms. The predicted octanol–water partition coefficient (Wildman–Crippen LogP) is 3.19. The van der Waals surface area contributed by atoms with Gasteiger partial charge in [-0.3, -0.25) is 4.99 Å². The van der Waals surface area contributed by atoms with Gasteiger partial charge in [0.15, 0.2) is 5.96 Å². The lowest BCUT2D eigenvalue weighted by Crippen LogP contribution is -2.25. The van der Waals surface area contributed by atoms with Crippen molar-refractivity contribution in [2.75, 3.05) is 18.1 Å². The van der Waals surface area contributed by atoms with Gasteiger partial charge in [0, 0.05) is 10.4 Å². The largest absolute Gasteiger partial charge is 0.370 e. The molecule has 108 valence electrons. The first-order valence-corrected chi connectivity index (χ1v) is 8.68. The van der Waals surface area contributed by atoms with Crippen molar-refractivity contribution >= 4 is 23.4 Å².